The van der Waals surface area contributed by atoms with Crippen molar-refractivity contribution >= 4 is 17.7 Å². The number of halogens is 1. The molecule has 0 unspecified atom stereocenters. The number of aromatic nitrogens is 1. The third-order valence-electron chi connectivity index (χ3n) is 3.77. The molecule has 1 aromatic heterocycles. The average Bonchev–Trinajstić information content (AvgIpc) is 3.04. The molecule has 1 amide bonds. The minimum absolute atomic E-state index is 0.266. The molecule has 0 N–H and O–H groups in total. The molecule has 25 heavy (non-hydrogen) atoms. The van der Waals surface area contributed by atoms with E-state index in [1.807, 2.05) is 32.9 Å². The van der Waals surface area contributed by atoms with Gasteiger partial charge in [-0.3, -0.25) is 0 Å². The van der Waals surface area contributed by atoms with Crippen LogP contribution in [-0.2, 0) is 24.3 Å². The summed E-state index contributed by atoms with van der Waals surface area (Å²) in [6.07, 6.45) is 3.38. The summed E-state index contributed by atoms with van der Waals surface area (Å²) in [5.41, 5.74) is 1.62. The molecule has 1 aliphatic heterocycles. The van der Waals surface area contributed by atoms with Gasteiger partial charge in [-0.2, -0.15) is 0 Å². The molecule has 0 bridgehead atoms. The number of oxazole rings is 1. The van der Waals surface area contributed by atoms with Crippen molar-refractivity contribution in [2.75, 3.05) is 6.54 Å². The van der Waals surface area contributed by atoms with Crippen molar-refractivity contribution in [3.05, 3.63) is 46.6 Å². The normalized spacial score (nSPS) is 14.2. The van der Waals surface area contributed by atoms with Crippen LogP contribution in [0.3, 0.4) is 0 Å². The van der Waals surface area contributed by atoms with E-state index in [1.165, 1.54) is 6.39 Å². The Morgan fingerprint density at radius 2 is 2.16 bits per heavy atom. The number of amides is 1. The molecule has 1 aliphatic rings. The fourth-order valence-electron chi connectivity index (χ4n) is 2.61. The van der Waals surface area contributed by atoms with Crippen LogP contribution >= 0.6 is 11.6 Å². The van der Waals surface area contributed by atoms with Gasteiger partial charge in [0.25, 0.3) is 0 Å². The third-order valence-corrected chi connectivity index (χ3v) is 4.07. The molecule has 0 spiro atoms. The van der Waals surface area contributed by atoms with Crippen molar-refractivity contribution in [1.29, 1.82) is 0 Å². The zero-order chi connectivity index (χ0) is 18.0. The summed E-state index contributed by atoms with van der Waals surface area (Å²) in [6, 6.07) is 3.78. The lowest BCUT2D eigenvalue weighted by Gasteiger charge is -2.31. The quantitative estimate of drug-likeness (QED) is 0.816. The molecule has 2 heterocycles. The summed E-state index contributed by atoms with van der Waals surface area (Å²) in [4.78, 5) is 17.8. The monoisotopic (exact) mass is 364 g/mol. The smallest absolute Gasteiger partial charge is 0.410 e. The van der Waals surface area contributed by atoms with Crippen LogP contribution in [0.5, 0.6) is 5.75 Å². The highest BCUT2D eigenvalue weighted by molar-refractivity contribution is 6.32. The Morgan fingerprint density at radius 3 is 2.84 bits per heavy atom. The number of ether oxygens (including phenoxy) is 2. The second kappa shape index (κ2) is 6.96. The molecule has 0 atom stereocenters. The number of hydrogen-bond acceptors (Lipinski definition) is 5. The van der Waals surface area contributed by atoms with Gasteiger partial charge in [0.05, 0.1) is 11.2 Å². The van der Waals surface area contributed by atoms with Crippen molar-refractivity contribution in [2.24, 2.45) is 0 Å². The highest BCUT2D eigenvalue weighted by atomic mass is 35.5. The minimum Gasteiger partial charge on any atom is -0.484 e. The van der Waals surface area contributed by atoms with Gasteiger partial charge in [0.2, 0.25) is 0 Å². The summed E-state index contributed by atoms with van der Waals surface area (Å²) in [7, 11) is 0. The zero-order valence-corrected chi connectivity index (χ0v) is 15.3. The van der Waals surface area contributed by atoms with Gasteiger partial charge in [-0.05, 0) is 50.5 Å². The molecular weight excluding hydrogens is 344 g/mol. The Morgan fingerprint density at radius 1 is 1.36 bits per heavy atom. The molecule has 0 aliphatic carbocycles. The van der Waals surface area contributed by atoms with Crippen LogP contribution in [0.2, 0.25) is 5.02 Å². The highest BCUT2D eigenvalue weighted by Gasteiger charge is 2.26. The number of rotatable bonds is 3. The molecule has 2 aromatic rings. The predicted octanol–water partition coefficient (Wildman–Crippen LogP) is 4.20. The first-order valence-corrected chi connectivity index (χ1v) is 8.49. The van der Waals surface area contributed by atoms with E-state index in [0.717, 1.165) is 17.5 Å². The number of benzene rings is 1. The van der Waals surface area contributed by atoms with Gasteiger partial charge < -0.3 is 18.8 Å². The SMILES string of the molecule is CC(C)(C)OC(=O)N1CCc2cc(OCc3cnco3)c(Cl)cc2C1. The maximum absolute atomic E-state index is 12.2. The first-order chi connectivity index (χ1) is 11.8. The first kappa shape index (κ1) is 17.6. The van der Waals surface area contributed by atoms with Gasteiger partial charge in [-0.25, -0.2) is 9.78 Å². The Kier molecular flexibility index (Phi) is 4.90. The summed E-state index contributed by atoms with van der Waals surface area (Å²) in [5.74, 6) is 1.23. The van der Waals surface area contributed by atoms with Gasteiger partial charge >= 0.3 is 6.09 Å². The zero-order valence-electron chi connectivity index (χ0n) is 14.5. The lowest BCUT2D eigenvalue weighted by Crippen LogP contribution is -2.39. The fourth-order valence-corrected chi connectivity index (χ4v) is 2.85. The van der Waals surface area contributed by atoms with E-state index in [1.54, 1.807) is 11.1 Å². The van der Waals surface area contributed by atoms with Gasteiger partial charge in [0.15, 0.2) is 12.2 Å². The summed E-state index contributed by atoms with van der Waals surface area (Å²) in [6.45, 7) is 6.92. The Labute approximate surface area is 151 Å². The van der Waals surface area contributed by atoms with Crippen molar-refractivity contribution in [3.8, 4) is 5.75 Å². The molecular formula is C18H21ClN2O4. The van der Waals surface area contributed by atoms with E-state index < -0.39 is 5.60 Å². The highest BCUT2D eigenvalue weighted by Crippen LogP contribution is 2.32. The van der Waals surface area contributed by atoms with Crippen LogP contribution in [0.25, 0.3) is 0 Å². The van der Waals surface area contributed by atoms with Crippen LogP contribution in [-0.4, -0.2) is 28.1 Å². The van der Waals surface area contributed by atoms with Crippen LogP contribution in [0, 0.1) is 0 Å². The molecule has 1 aromatic carbocycles. The van der Waals surface area contributed by atoms with Gasteiger partial charge in [-0.15, -0.1) is 0 Å². The predicted molar refractivity (Wildman–Crippen MR) is 92.6 cm³/mol. The number of fused-ring (bicyclic) bond motifs is 1. The number of carbonyl (C=O) groups is 1. The number of hydrogen-bond donors (Lipinski definition) is 0. The molecule has 0 fully saturated rings. The van der Waals surface area contributed by atoms with E-state index in [4.69, 9.17) is 25.5 Å². The van der Waals surface area contributed by atoms with E-state index in [2.05, 4.69) is 4.98 Å². The second-order valence-corrected chi connectivity index (χ2v) is 7.37. The van der Waals surface area contributed by atoms with E-state index >= 15 is 0 Å². The van der Waals surface area contributed by atoms with E-state index in [-0.39, 0.29) is 12.7 Å². The molecule has 0 radical (unpaired) electrons. The lowest BCUT2D eigenvalue weighted by molar-refractivity contribution is 0.0224. The van der Waals surface area contributed by atoms with Crippen molar-refractivity contribution in [2.45, 2.75) is 45.9 Å². The van der Waals surface area contributed by atoms with Crippen molar-refractivity contribution in [3.63, 3.8) is 0 Å². The Bertz CT molecular complexity index is 753. The second-order valence-electron chi connectivity index (χ2n) is 6.96. The maximum atomic E-state index is 12.2. The van der Waals surface area contributed by atoms with E-state index in [0.29, 0.717) is 29.6 Å². The van der Waals surface area contributed by atoms with Crippen LogP contribution in [0.4, 0.5) is 4.79 Å². The van der Waals surface area contributed by atoms with Gasteiger partial charge in [0.1, 0.15) is 18.0 Å². The summed E-state index contributed by atoms with van der Waals surface area (Å²) in [5, 5.41) is 0.504. The number of nitrogens with zero attached hydrogens (tertiary/aromatic N) is 2. The lowest BCUT2D eigenvalue weighted by atomic mass is 9.99. The van der Waals surface area contributed by atoms with Crippen molar-refractivity contribution < 1.29 is 18.7 Å². The molecule has 0 saturated carbocycles. The molecule has 134 valence electrons. The average molecular weight is 365 g/mol. The first-order valence-electron chi connectivity index (χ1n) is 8.11. The maximum Gasteiger partial charge on any atom is 0.410 e. The van der Waals surface area contributed by atoms with Crippen LogP contribution in [0.15, 0.2) is 29.1 Å². The Balaban J connectivity index is 1.69. The molecule has 6 nitrogen and oxygen atoms in total. The minimum atomic E-state index is -0.507. The van der Waals surface area contributed by atoms with Gasteiger partial charge in [-0.1, -0.05) is 11.6 Å². The topological polar surface area (TPSA) is 64.8 Å². The Hall–Kier alpha value is -2.21. The number of carbonyl (C=O) groups excluding carboxylic acids is 1. The van der Waals surface area contributed by atoms with Crippen LogP contribution < -0.4 is 4.74 Å². The summed E-state index contributed by atoms with van der Waals surface area (Å²) < 4.78 is 16.3. The summed E-state index contributed by atoms with van der Waals surface area (Å²) >= 11 is 6.33. The third kappa shape index (κ3) is 4.45. The largest absolute Gasteiger partial charge is 0.484 e. The van der Waals surface area contributed by atoms with Crippen LogP contribution in [0.1, 0.15) is 37.7 Å². The van der Waals surface area contributed by atoms with E-state index in [9.17, 15) is 4.79 Å². The van der Waals surface area contributed by atoms with Crippen molar-refractivity contribution in [1.82, 2.24) is 9.88 Å². The molecule has 7 heteroatoms. The molecule has 3 rings (SSSR count). The molecule has 0 saturated heterocycles. The van der Waals surface area contributed by atoms with Gasteiger partial charge in [0, 0.05) is 13.1 Å². The fraction of sp³-hybridized carbons (Fsp3) is 0.444. The standard InChI is InChI=1S/C18H21ClN2O4/c1-18(2,3)25-17(22)21-5-4-12-7-16(15(19)6-13(12)9-21)23-10-14-8-20-11-24-14/h6-8,11H,4-5,9-10H2,1-3H3.